The molecule has 0 spiro atoms. The van der Waals surface area contributed by atoms with Crippen LogP contribution < -0.4 is 4.90 Å². The highest BCUT2D eigenvalue weighted by Gasteiger charge is 2.19. The third-order valence-electron chi connectivity index (χ3n) is 5.33. The van der Waals surface area contributed by atoms with E-state index in [1.165, 1.54) is 5.56 Å². The number of hydrogen-bond donors (Lipinski definition) is 1. The summed E-state index contributed by atoms with van der Waals surface area (Å²) in [6, 6.07) is 24.1. The first-order chi connectivity index (χ1) is 13.6. The van der Waals surface area contributed by atoms with Gasteiger partial charge < -0.3 is 10.0 Å². The largest absolute Gasteiger partial charge is 0.508 e. The topological polar surface area (TPSA) is 49.3 Å². The Morgan fingerprint density at radius 2 is 1.54 bits per heavy atom. The lowest BCUT2D eigenvalue weighted by atomic mass is 10.00. The summed E-state index contributed by atoms with van der Waals surface area (Å²) in [5, 5.41) is 21.0. The zero-order valence-electron chi connectivity index (χ0n) is 16.3. The molecule has 4 aromatic rings. The Balaban J connectivity index is 1.84. The minimum atomic E-state index is 0.167. The lowest BCUT2D eigenvalue weighted by molar-refractivity contribution is 0.475. The third kappa shape index (κ3) is 3.18. The van der Waals surface area contributed by atoms with Gasteiger partial charge in [0.2, 0.25) is 0 Å². The van der Waals surface area contributed by atoms with Crippen LogP contribution in [0.2, 0.25) is 0 Å². The fourth-order valence-corrected chi connectivity index (χ4v) is 3.60. The molecule has 140 valence electrons. The van der Waals surface area contributed by atoms with Crippen molar-refractivity contribution in [2.75, 3.05) is 11.9 Å². The van der Waals surface area contributed by atoms with Crippen LogP contribution in [0.25, 0.3) is 22.0 Å². The molecule has 0 aliphatic rings. The van der Waals surface area contributed by atoms with Crippen LogP contribution in [-0.2, 0) is 0 Å². The van der Waals surface area contributed by atoms with Crippen LogP contribution in [0.1, 0.15) is 24.1 Å². The predicted octanol–water partition coefficient (Wildman–Crippen LogP) is 5.51. The van der Waals surface area contributed by atoms with Crippen molar-refractivity contribution in [3.63, 3.8) is 0 Å². The van der Waals surface area contributed by atoms with Crippen molar-refractivity contribution in [1.82, 2.24) is 10.2 Å². The SMILES string of the molecule is Cc1cc(O)ccc1-c1nnc(N(C)[C@@H](C)c2ccccc2)c2ccccc12. The molecule has 4 nitrogen and oxygen atoms in total. The zero-order valence-corrected chi connectivity index (χ0v) is 16.3. The first kappa shape index (κ1) is 18.0. The summed E-state index contributed by atoms with van der Waals surface area (Å²) >= 11 is 0. The summed E-state index contributed by atoms with van der Waals surface area (Å²) in [6.45, 7) is 4.15. The molecule has 0 radical (unpaired) electrons. The summed E-state index contributed by atoms with van der Waals surface area (Å²) in [4.78, 5) is 2.16. The van der Waals surface area contributed by atoms with E-state index in [4.69, 9.17) is 0 Å². The van der Waals surface area contributed by atoms with Crippen molar-refractivity contribution in [2.24, 2.45) is 0 Å². The van der Waals surface area contributed by atoms with E-state index in [-0.39, 0.29) is 11.8 Å². The normalized spacial score (nSPS) is 12.1. The second-order valence-electron chi connectivity index (χ2n) is 7.11. The Labute approximate surface area is 165 Å². The molecule has 0 bridgehead atoms. The summed E-state index contributed by atoms with van der Waals surface area (Å²) < 4.78 is 0. The summed E-state index contributed by atoms with van der Waals surface area (Å²) in [5.41, 5.74) is 4.01. The van der Waals surface area contributed by atoms with E-state index in [1.54, 1.807) is 12.1 Å². The molecule has 0 aliphatic carbocycles. The van der Waals surface area contributed by atoms with Crippen LogP contribution >= 0.6 is 0 Å². The Morgan fingerprint density at radius 3 is 2.25 bits per heavy atom. The van der Waals surface area contributed by atoms with Gasteiger partial charge in [-0.1, -0.05) is 54.6 Å². The number of aromatic hydroxyl groups is 1. The van der Waals surface area contributed by atoms with Gasteiger partial charge >= 0.3 is 0 Å². The Bertz CT molecular complexity index is 1130. The number of phenols is 1. The van der Waals surface area contributed by atoms with E-state index in [0.29, 0.717) is 0 Å². The first-order valence-electron chi connectivity index (χ1n) is 9.39. The second-order valence-corrected chi connectivity index (χ2v) is 7.11. The third-order valence-corrected chi connectivity index (χ3v) is 5.33. The lowest BCUT2D eigenvalue weighted by Gasteiger charge is -2.27. The fourth-order valence-electron chi connectivity index (χ4n) is 3.60. The molecule has 0 fully saturated rings. The number of rotatable bonds is 4. The average Bonchev–Trinajstić information content (AvgIpc) is 2.73. The van der Waals surface area contributed by atoms with Crippen LogP contribution in [0.3, 0.4) is 0 Å². The Kier molecular flexibility index (Phi) is 4.70. The van der Waals surface area contributed by atoms with Gasteiger partial charge in [0.25, 0.3) is 0 Å². The molecule has 0 aliphatic heterocycles. The number of nitrogens with zero attached hydrogens (tertiary/aromatic N) is 3. The predicted molar refractivity (Wildman–Crippen MR) is 115 cm³/mol. The highest BCUT2D eigenvalue weighted by Crippen LogP contribution is 2.35. The molecule has 1 aromatic heterocycles. The van der Waals surface area contributed by atoms with E-state index in [0.717, 1.165) is 33.4 Å². The number of benzene rings is 3. The molecule has 0 saturated heterocycles. The molecule has 4 heteroatoms. The molecule has 1 atom stereocenters. The maximum atomic E-state index is 9.74. The van der Waals surface area contributed by atoms with Gasteiger partial charge in [-0.3, -0.25) is 0 Å². The van der Waals surface area contributed by atoms with E-state index >= 15 is 0 Å². The molecule has 1 heterocycles. The summed E-state index contributed by atoms with van der Waals surface area (Å²) in [6.07, 6.45) is 0. The number of anilines is 1. The van der Waals surface area contributed by atoms with Crippen LogP contribution in [0, 0.1) is 6.92 Å². The molecule has 0 saturated carbocycles. The second kappa shape index (κ2) is 7.31. The van der Waals surface area contributed by atoms with Gasteiger partial charge in [0, 0.05) is 23.4 Å². The minimum absolute atomic E-state index is 0.167. The molecule has 0 unspecified atom stereocenters. The van der Waals surface area contributed by atoms with Gasteiger partial charge in [0.05, 0.1) is 6.04 Å². The van der Waals surface area contributed by atoms with Gasteiger partial charge in [-0.15, -0.1) is 10.2 Å². The maximum absolute atomic E-state index is 9.74. The molecule has 0 amide bonds. The quantitative estimate of drug-likeness (QED) is 0.515. The standard InChI is InChI=1S/C24H23N3O/c1-16-15-19(28)13-14-20(16)23-21-11-7-8-12-22(21)24(26-25-23)27(3)17(2)18-9-5-4-6-10-18/h4-15,17,28H,1-3H3/t17-/m0/s1. The highest BCUT2D eigenvalue weighted by atomic mass is 16.3. The minimum Gasteiger partial charge on any atom is -0.508 e. The van der Waals surface area contributed by atoms with Gasteiger partial charge in [-0.05, 0) is 43.2 Å². The van der Waals surface area contributed by atoms with Gasteiger partial charge in [0.1, 0.15) is 11.4 Å². The van der Waals surface area contributed by atoms with Crippen molar-refractivity contribution < 1.29 is 5.11 Å². The van der Waals surface area contributed by atoms with E-state index in [2.05, 4.69) is 65.5 Å². The molecule has 1 N–H and O–H groups in total. The summed E-state index contributed by atoms with van der Waals surface area (Å²) in [7, 11) is 2.06. The summed E-state index contributed by atoms with van der Waals surface area (Å²) in [5.74, 6) is 1.11. The van der Waals surface area contributed by atoms with E-state index < -0.39 is 0 Å². The Morgan fingerprint density at radius 1 is 0.857 bits per heavy atom. The van der Waals surface area contributed by atoms with Gasteiger partial charge in [0.15, 0.2) is 5.82 Å². The van der Waals surface area contributed by atoms with Crippen molar-refractivity contribution in [3.8, 4) is 17.0 Å². The molecule has 3 aromatic carbocycles. The number of fused-ring (bicyclic) bond motifs is 1. The van der Waals surface area contributed by atoms with Crippen LogP contribution in [0.5, 0.6) is 5.75 Å². The van der Waals surface area contributed by atoms with Crippen LogP contribution in [-0.4, -0.2) is 22.4 Å². The molecular formula is C24H23N3O. The number of phenolic OH excluding ortho intramolecular Hbond substituents is 1. The van der Waals surface area contributed by atoms with E-state index in [1.807, 2.05) is 31.2 Å². The highest BCUT2D eigenvalue weighted by molar-refractivity contribution is 6.00. The monoisotopic (exact) mass is 369 g/mol. The maximum Gasteiger partial charge on any atom is 0.159 e. The number of hydrogen-bond acceptors (Lipinski definition) is 4. The number of aromatic nitrogens is 2. The van der Waals surface area contributed by atoms with Crippen molar-refractivity contribution in [1.29, 1.82) is 0 Å². The van der Waals surface area contributed by atoms with E-state index in [9.17, 15) is 5.11 Å². The number of aryl methyl sites for hydroxylation is 1. The van der Waals surface area contributed by atoms with Crippen LogP contribution in [0.4, 0.5) is 5.82 Å². The molecule has 28 heavy (non-hydrogen) atoms. The smallest absolute Gasteiger partial charge is 0.159 e. The van der Waals surface area contributed by atoms with Crippen molar-refractivity contribution in [2.45, 2.75) is 19.9 Å². The van der Waals surface area contributed by atoms with Gasteiger partial charge in [-0.25, -0.2) is 0 Å². The lowest BCUT2D eigenvalue weighted by Crippen LogP contribution is -2.23. The Hall–Kier alpha value is -3.40. The van der Waals surface area contributed by atoms with Crippen molar-refractivity contribution in [3.05, 3.63) is 83.9 Å². The molecular weight excluding hydrogens is 346 g/mol. The van der Waals surface area contributed by atoms with Gasteiger partial charge in [-0.2, -0.15) is 0 Å². The van der Waals surface area contributed by atoms with Crippen molar-refractivity contribution >= 4 is 16.6 Å². The first-order valence-corrected chi connectivity index (χ1v) is 9.39. The molecule has 4 rings (SSSR count). The fraction of sp³-hybridized carbons (Fsp3) is 0.167. The van der Waals surface area contributed by atoms with Crippen LogP contribution in [0.15, 0.2) is 72.8 Å². The zero-order chi connectivity index (χ0) is 19.7. The average molecular weight is 369 g/mol.